The van der Waals surface area contributed by atoms with Gasteiger partial charge in [0.1, 0.15) is 11.4 Å². The van der Waals surface area contributed by atoms with Crippen LogP contribution in [0.5, 0.6) is 5.75 Å². The second kappa shape index (κ2) is 2.86. The molecule has 1 radical (unpaired) electrons. The summed E-state index contributed by atoms with van der Waals surface area (Å²) in [7, 11) is 0. The maximum absolute atomic E-state index is 10.3. The van der Waals surface area contributed by atoms with Crippen molar-refractivity contribution in [3.8, 4) is 5.75 Å². The number of benzene rings is 1. The zero-order valence-corrected chi connectivity index (χ0v) is 6.69. The van der Waals surface area contributed by atoms with E-state index in [2.05, 4.69) is 4.98 Å². The molecule has 63 valence electrons. The summed E-state index contributed by atoms with van der Waals surface area (Å²) in [5.41, 5.74) is 0.719. The Morgan fingerprint density at radius 1 is 1.31 bits per heavy atom. The average Bonchev–Trinajstić information content (AvgIpc) is 2.18. The summed E-state index contributed by atoms with van der Waals surface area (Å²) in [4.78, 5) is 14.3. The molecule has 2 aromatic rings. The van der Waals surface area contributed by atoms with Gasteiger partial charge in [0, 0.05) is 11.5 Å². The van der Waals surface area contributed by atoms with E-state index in [0.717, 1.165) is 0 Å². The molecular weight excluding hydrogens is 166 g/mol. The molecule has 0 aliphatic rings. The molecule has 1 heterocycles. The fourth-order valence-electron chi connectivity index (χ4n) is 1.21. The van der Waals surface area contributed by atoms with Crippen LogP contribution in [0.15, 0.2) is 30.3 Å². The van der Waals surface area contributed by atoms with Crippen molar-refractivity contribution in [2.45, 2.75) is 0 Å². The minimum atomic E-state index is 0.0592. The third kappa shape index (κ3) is 1.24. The zero-order chi connectivity index (χ0) is 9.26. The van der Waals surface area contributed by atoms with Crippen LogP contribution in [0, 0.1) is 0 Å². The van der Waals surface area contributed by atoms with Crippen LogP contribution >= 0.6 is 0 Å². The van der Waals surface area contributed by atoms with E-state index in [1.54, 1.807) is 30.6 Å². The molecule has 1 N–H and O–H groups in total. The largest absolute Gasteiger partial charge is 0.507 e. The summed E-state index contributed by atoms with van der Waals surface area (Å²) in [5.74, 6) is 0.0592. The molecule has 3 heteroatoms. The monoisotopic (exact) mass is 172 g/mol. The Bertz CT molecular complexity index is 465. The topological polar surface area (TPSA) is 50.2 Å². The molecule has 0 bridgehead atoms. The summed E-state index contributed by atoms with van der Waals surface area (Å²) in [6, 6.07) is 8.37. The quantitative estimate of drug-likeness (QED) is 0.707. The van der Waals surface area contributed by atoms with E-state index in [-0.39, 0.29) is 11.4 Å². The van der Waals surface area contributed by atoms with Crippen LogP contribution in [-0.4, -0.2) is 16.4 Å². The van der Waals surface area contributed by atoms with Gasteiger partial charge in [-0.2, -0.15) is 0 Å². The van der Waals surface area contributed by atoms with Crippen molar-refractivity contribution in [2.24, 2.45) is 0 Å². The molecule has 0 saturated heterocycles. The SMILES string of the molecule is O=[C]c1cc(O)c2ccccc2n1. The average molecular weight is 172 g/mol. The molecule has 0 saturated carbocycles. The summed E-state index contributed by atoms with van der Waals surface area (Å²) in [6.07, 6.45) is 1.64. The van der Waals surface area contributed by atoms with E-state index in [1.165, 1.54) is 6.07 Å². The van der Waals surface area contributed by atoms with Crippen molar-refractivity contribution in [1.29, 1.82) is 0 Å². The van der Waals surface area contributed by atoms with Crippen LogP contribution in [0.3, 0.4) is 0 Å². The highest BCUT2D eigenvalue weighted by Gasteiger charge is 2.02. The van der Waals surface area contributed by atoms with Gasteiger partial charge in [-0.25, -0.2) is 4.98 Å². The fourth-order valence-corrected chi connectivity index (χ4v) is 1.21. The number of hydrogen-bond acceptors (Lipinski definition) is 3. The summed E-state index contributed by atoms with van der Waals surface area (Å²) >= 11 is 0. The second-order valence-corrected chi connectivity index (χ2v) is 2.65. The molecule has 0 atom stereocenters. The van der Waals surface area contributed by atoms with Crippen LogP contribution in [-0.2, 0) is 4.79 Å². The van der Waals surface area contributed by atoms with Gasteiger partial charge in [0.2, 0.25) is 0 Å². The van der Waals surface area contributed by atoms with Gasteiger partial charge in [0.25, 0.3) is 6.29 Å². The van der Waals surface area contributed by atoms with Gasteiger partial charge in [0.15, 0.2) is 0 Å². The minimum absolute atomic E-state index is 0.0592. The summed E-state index contributed by atoms with van der Waals surface area (Å²) in [6.45, 7) is 0. The highest BCUT2D eigenvalue weighted by molar-refractivity contribution is 5.88. The molecule has 13 heavy (non-hydrogen) atoms. The van der Waals surface area contributed by atoms with Crippen LogP contribution in [0.2, 0.25) is 0 Å². The zero-order valence-electron chi connectivity index (χ0n) is 6.69. The number of carbonyl (C=O) groups excluding carboxylic acids is 1. The Labute approximate surface area is 74.7 Å². The third-order valence-electron chi connectivity index (χ3n) is 1.80. The van der Waals surface area contributed by atoms with Crippen molar-refractivity contribution in [3.05, 3.63) is 36.0 Å². The van der Waals surface area contributed by atoms with E-state index in [0.29, 0.717) is 10.9 Å². The lowest BCUT2D eigenvalue weighted by atomic mass is 10.2. The highest BCUT2D eigenvalue weighted by Crippen LogP contribution is 2.22. The first-order valence-corrected chi connectivity index (χ1v) is 3.78. The van der Waals surface area contributed by atoms with Gasteiger partial charge in [-0.15, -0.1) is 0 Å². The summed E-state index contributed by atoms with van der Waals surface area (Å²) < 4.78 is 0. The van der Waals surface area contributed by atoms with Crippen molar-refractivity contribution >= 4 is 17.2 Å². The summed E-state index contributed by atoms with van der Waals surface area (Å²) in [5, 5.41) is 10.1. The van der Waals surface area contributed by atoms with Gasteiger partial charge in [-0.3, -0.25) is 4.79 Å². The first-order chi connectivity index (χ1) is 6.31. The molecule has 0 spiro atoms. The van der Waals surface area contributed by atoms with Crippen molar-refractivity contribution in [1.82, 2.24) is 4.98 Å². The molecule has 0 unspecified atom stereocenters. The van der Waals surface area contributed by atoms with E-state index in [1.807, 2.05) is 0 Å². The lowest BCUT2D eigenvalue weighted by Gasteiger charge is -1.99. The molecule has 0 amide bonds. The predicted molar refractivity (Wildman–Crippen MR) is 48.2 cm³/mol. The van der Waals surface area contributed by atoms with Gasteiger partial charge in [0.05, 0.1) is 5.52 Å². The number of hydrogen-bond donors (Lipinski definition) is 1. The Hall–Kier alpha value is -1.90. The van der Waals surface area contributed by atoms with E-state index in [9.17, 15) is 9.90 Å². The second-order valence-electron chi connectivity index (χ2n) is 2.65. The van der Waals surface area contributed by atoms with E-state index >= 15 is 0 Å². The molecule has 0 fully saturated rings. The molecule has 1 aromatic heterocycles. The van der Waals surface area contributed by atoms with Crippen molar-refractivity contribution in [3.63, 3.8) is 0 Å². The predicted octanol–water partition coefficient (Wildman–Crippen LogP) is 1.40. The lowest BCUT2D eigenvalue weighted by Crippen LogP contribution is -1.87. The van der Waals surface area contributed by atoms with Crippen molar-refractivity contribution < 1.29 is 9.90 Å². The van der Waals surface area contributed by atoms with Gasteiger partial charge in [-0.05, 0) is 12.1 Å². The molecule has 1 aromatic carbocycles. The minimum Gasteiger partial charge on any atom is -0.507 e. The number of rotatable bonds is 1. The van der Waals surface area contributed by atoms with Gasteiger partial charge >= 0.3 is 0 Å². The molecular formula is C10H6NO2. The third-order valence-corrected chi connectivity index (χ3v) is 1.80. The molecule has 2 rings (SSSR count). The first kappa shape index (κ1) is 7.73. The number of para-hydroxylation sites is 1. The van der Waals surface area contributed by atoms with E-state index in [4.69, 9.17) is 0 Å². The smallest absolute Gasteiger partial charge is 0.253 e. The first-order valence-electron chi connectivity index (χ1n) is 3.78. The van der Waals surface area contributed by atoms with Crippen molar-refractivity contribution in [2.75, 3.05) is 0 Å². The molecule has 0 aliphatic heterocycles. The lowest BCUT2D eigenvalue weighted by molar-refractivity contribution is 0.480. The highest BCUT2D eigenvalue weighted by atomic mass is 16.3. The normalized spacial score (nSPS) is 10.2. The number of aromatic hydroxyl groups is 1. The number of pyridine rings is 1. The van der Waals surface area contributed by atoms with Crippen LogP contribution in [0.1, 0.15) is 5.69 Å². The maximum Gasteiger partial charge on any atom is 0.253 e. The Morgan fingerprint density at radius 3 is 2.85 bits per heavy atom. The molecule has 0 aliphatic carbocycles. The van der Waals surface area contributed by atoms with Crippen LogP contribution < -0.4 is 0 Å². The Balaban J connectivity index is 2.84. The van der Waals surface area contributed by atoms with Crippen LogP contribution in [0.4, 0.5) is 0 Å². The number of aromatic nitrogens is 1. The van der Waals surface area contributed by atoms with Crippen LogP contribution in [0.25, 0.3) is 10.9 Å². The maximum atomic E-state index is 10.3. The van der Waals surface area contributed by atoms with Gasteiger partial charge in [-0.1, -0.05) is 12.1 Å². The number of nitrogens with zero attached hydrogens (tertiary/aromatic N) is 1. The Kier molecular flexibility index (Phi) is 1.70. The molecule has 3 nitrogen and oxygen atoms in total. The van der Waals surface area contributed by atoms with E-state index < -0.39 is 0 Å². The standard InChI is InChI=1S/C10H6NO2/c12-6-7-5-10(13)8-3-1-2-4-9(8)11-7/h1-5H,(H,11,13). The fraction of sp³-hybridized carbons (Fsp3) is 0. The number of fused-ring (bicyclic) bond motifs is 1. The Morgan fingerprint density at radius 2 is 2.08 bits per heavy atom. The van der Waals surface area contributed by atoms with Gasteiger partial charge < -0.3 is 5.11 Å².